The summed E-state index contributed by atoms with van der Waals surface area (Å²) in [5, 5.41) is 9.06. The Kier molecular flexibility index (Phi) is 2.49. The van der Waals surface area contributed by atoms with E-state index in [0.717, 1.165) is 22.5 Å². The van der Waals surface area contributed by atoms with Crippen molar-refractivity contribution < 1.29 is 9.47 Å². The molecule has 2 heterocycles. The van der Waals surface area contributed by atoms with Gasteiger partial charge >= 0.3 is 0 Å². The lowest BCUT2D eigenvalue weighted by Crippen LogP contribution is -1.94. The maximum Gasteiger partial charge on any atom is 0.231 e. The monoisotopic (exact) mass is 295 g/mol. The van der Waals surface area contributed by atoms with Crippen LogP contribution in [0.3, 0.4) is 0 Å². The molecule has 0 radical (unpaired) electrons. The number of nitrogens with one attached hydrogen (secondary N) is 1. The maximum atomic E-state index is 9.06. The standard InChI is InChI=1S/C15H9N3O2S/c16-7-9-1-3-11-12(5-9)18(15(21)17-11)10-2-4-13-14(6-10)20-8-19-13/h1-6H,8H2,(H,17,21). The molecule has 0 amide bonds. The van der Waals surface area contributed by atoms with Gasteiger partial charge in [0.15, 0.2) is 16.3 Å². The molecule has 1 aliphatic rings. The van der Waals surface area contributed by atoms with Crippen molar-refractivity contribution in [1.29, 1.82) is 5.26 Å². The molecule has 102 valence electrons. The number of ether oxygens (including phenoxy) is 2. The Labute approximate surface area is 125 Å². The van der Waals surface area contributed by atoms with Gasteiger partial charge in [0, 0.05) is 6.07 Å². The van der Waals surface area contributed by atoms with Crippen LogP contribution < -0.4 is 9.47 Å². The molecule has 1 aliphatic heterocycles. The van der Waals surface area contributed by atoms with Gasteiger partial charge in [-0.15, -0.1) is 0 Å². The van der Waals surface area contributed by atoms with Gasteiger partial charge in [-0.3, -0.25) is 4.57 Å². The molecule has 5 nitrogen and oxygen atoms in total. The van der Waals surface area contributed by atoms with E-state index >= 15 is 0 Å². The van der Waals surface area contributed by atoms with Crippen LogP contribution in [0.4, 0.5) is 0 Å². The van der Waals surface area contributed by atoms with Gasteiger partial charge in [-0.1, -0.05) is 0 Å². The van der Waals surface area contributed by atoms with Crippen LogP contribution in [0.15, 0.2) is 36.4 Å². The normalized spacial score (nSPS) is 12.5. The predicted molar refractivity (Wildman–Crippen MR) is 79.3 cm³/mol. The summed E-state index contributed by atoms with van der Waals surface area (Å²) in [6.07, 6.45) is 0. The molecule has 0 bridgehead atoms. The molecule has 0 atom stereocenters. The number of aromatic nitrogens is 2. The average Bonchev–Trinajstić information content (AvgIpc) is 3.08. The summed E-state index contributed by atoms with van der Waals surface area (Å²) < 4.78 is 13.2. The van der Waals surface area contributed by atoms with E-state index in [0.29, 0.717) is 16.1 Å². The molecular weight excluding hydrogens is 286 g/mol. The molecule has 1 N–H and O–H groups in total. The Morgan fingerprint density at radius 3 is 2.86 bits per heavy atom. The van der Waals surface area contributed by atoms with Crippen molar-refractivity contribution in [3.05, 3.63) is 46.7 Å². The van der Waals surface area contributed by atoms with Crippen LogP contribution in [0.5, 0.6) is 11.5 Å². The van der Waals surface area contributed by atoms with Crippen LogP contribution >= 0.6 is 12.2 Å². The Bertz CT molecular complexity index is 965. The summed E-state index contributed by atoms with van der Waals surface area (Å²) in [7, 11) is 0. The highest BCUT2D eigenvalue weighted by Gasteiger charge is 2.15. The van der Waals surface area contributed by atoms with Crippen molar-refractivity contribution >= 4 is 23.3 Å². The van der Waals surface area contributed by atoms with Crippen molar-refractivity contribution in [2.75, 3.05) is 6.79 Å². The fraction of sp³-hybridized carbons (Fsp3) is 0.0667. The molecule has 3 aromatic rings. The highest BCUT2D eigenvalue weighted by Crippen LogP contribution is 2.34. The van der Waals surface area contributed by atoms with E-state index in [1.807, 2.05) is 34.9 Å². The van der Waals surface area contributed by atoms with E-state index in [-0.39, 0.29) is 6.79 Å². The van der Waals surface area contributed by atoms with E-state index in [1.54, 1.807) is 6.07 Å². The van der Waals surface area contributed by atoms with Crippen LogP contribution in [-0.4, -0.2) is 16.3 Å². The molecule has 4 rings (SSSR count). The molecular formula is C15H9N3O2S. The second-order valence-electron chi connectivity index (χ2n) is 4.65. The van der Waals surface area contributed by atoms with E-state index in [1.165, 1.54) is 0 Å². The summed E-state index contributed by atoms with van der Waals surface area (Å²) >= 11 is 5.39. The van der Waals surface area contributed by atoms with Crippen LogP contribution in [0.1, 0.15) is 5.56 Å². The van der Waals surface area contributed by atoms with Crippen LogP contribution in [0.2, 0.25) is 0 Å². The quantitative estimate of drug-likeness (QED) is 0.700. The molecule has 0 saturated heterocycles. The smallest absolute Gasteiger partial charge is 0.231 e. The van der Waals surface area contributed by atoms with Gasteiger partial charge in [-0.25, -0.2) is 0 Å². The van der Waals surface area contributed by atoms with Gasteiger partial charge in [0.1, 0.15) is 0 Å². The molecule has 21 heavy (non-hydrogen) atoms. The Hall–Kier alpha value is -2.78. The lowest BCUT2D eigenvalue weighted by Gasteiger charge is -2.06. The average molecular weight is 295 g/mol. The number of imidazole rings is 1. The maximum absolute atomic E-state index is 9.06. The lowest BCUT2D eigenvalue weighted by atomic mass is 10.2. The Morgan fingerprint density at radius 2 is 2.00 bits per heavy atom. The third-order valence-electron chi connectivity index (χ3n) is 3.43. The summed E-state index contributed by atoms with van der Waals surface area (Å²) in [5.74, 6) is 1.42. The van der Waals surface area contributed by atoms with E-state index in [4.69, 9.17) is 27.0 Å². The first-order chi connectivity index (χ1) is 10.3. The van der Waals surface area contributed by atoms with Crippen molar-refractivity contribution in [3.8, 4) is 23.3 Å². The zero-order chi connectivity index (χ0) is 14.4. The predicted octanol–water partition coefficient (Wildman–Crippen LogP) is 3.29. The zero-order valence-electron chi connectivity index (χ0n) is 10.8. The van der Waals surface area contributed by atoms with Gasteiger partial charge in [-0.2, -0.15) is 5.26 Å². The summed E-state index contributed by atoms with van der Waals surface area (Å²) in [4.78, 5) is 3.14. The van der Waals surface area contributed by atoms with Gasteiger partial charge in [0.2, 0.25) is 6.79 Å². The van der Waals surface area contributed by atoms with E-state index < -0.39 is 0 Å². The molecule has 0 unspecified atom stereocenters. The molecule has 1 aromatic heterocycles. The molecule has 0 spiro atoms. The first-order valence-corrected chi connectivity index (χ1v) is 6.72. The highest BCUT2D eigenvalue weighted by atomic mass is 32.1. The number of hydrogen-bond donors (Lipinski definition) is 1. The SMILES string of the molecule is N#Cc1ccc2[nH]c(=S)n(-c3ccc4c(c3)OCO4)c2c1. The largest absolute Gasteiger partial charge is 0.454 e. The third kappa shape index (κ3) is 1.79. The molecule has 2 aromatic carbocycles. The topological polar surface area (TPSA) is 63.0 Å². The molecule has 0 saturated carbocycles. The number of hydrogen-bond acceptors (Lipinski definition) is 4. The zero-order valence-corrected chi connectivity index (χ0v) is 11.6. The van der Waals surface area contributed by atoms with Crippen LogP contribution in [0.25, 0.3) is 16.7 Å². The highest BCUT2D eigenvalue weighted by molar-refractivity contribution is 7.71. The van der Waals surface area contributed by atoms with Crippen LogP contribution in [0, 0.1) is 16.1 Å². The minimum atomic E-state index is 0.233. The van der Waals surface area contributed by atoms with Gasteiger partial charge in [0.25, 0.3) is 0 Å². The first kappa shape index (κ1) is 12.0. The summed E-state index contributed by atoms with van der Waals surface area (Å²) in [5.41, 5.74) is 3.20. The molecule has 0 fully saturated rings. The van der Waals surface area contributed by atoms with E-state index in [9.17, 15) is 0 Å². The van der Waals surface area contributed by atoms with Crippen molar-refractivity contribution in [2.24, 2.45) is 0 Å². The lowest BCUT2D eigenvalue weighted by molar-refractivity contribution is 0.174. The molecule has 6 heteroatoms. The number of fused-ring (bicyclic) bond motifs is 2. The Balaban J connectivity index is 1.99. The van der Waals surface area contributed by atoms with Gasteiger partial charge in [0.05, 0.1) is 28.4 Å². The minimum absolute atomic E-state index is 0.233. The first-order valence-electron chi connectivity index (χ1n) is 6.31. The van der Waals surface area contributed by atoms with Gasteiger partial charge < -0.3 is 14.5 Å². The van der Waals surface area contributed by atoms with Crippen molar-refractivity contribution in [2.45, 2.75) is 0 Å². The van der Waals surface area contributed by atoms with E-state index in [2.05, 4.69) is 11.1 Å². The van der Waals surface area contributed by atoms with Crippen molar-refractivity contribution in [1.82, 2.24) is 9.55 Å². The Morgan fingerprint density at radius 1 is 1.14 bits per heavy atom. The summed E-state index contributed by atoms with van der Waals surface area (Å²) in [6, 6.07) is 13.2. The summed E-state index contributed by atoms with van der Waals surface area (Å²) in [6.45, 7) is 0.233. The van der Waals surface area contributed by atoms with Gasteiger partial charge in [-0.05, 0) is 42.5 Å². The molecule has 0 aliphatic carbocycles. The fourth-order valence-electron chi connectivity index (χ4n) is 2.45. The fourth-order valence-corrected chi connectivity index (χ4v) is 2.77. The van der Waals surface area contributed by atoms with Crippen LogP contribution in [-0.2, 0) is 0 Å². The number of nitriles is 1. The van der Waals surface area contributed by atoms with Crippen molar-refractivity contribution in [3.63, 3.8) is 0 Å². The number of aromatic amines is 1. The number of nitrogens with zero attached hydrogens (tertiary/aromatic N) is 2. The number of H-pyrrole nitrogens is 1. The third-order valence-corrected chi connectivity index (χ3v) is 3.71. The number of rotatable bonds is 1. The number of benzene rings is 2. The second kappa shape index (κ2) is 4.36. The minimum Gasteiger partial charge on any atom is -0.454 e. The second-order valence-corrected chi connectivity index (χ2v) is 5.03.